The van der Waals surface area contributed by atoms with Gasteiger partial charge >= 0.3 is 0 Å². The van der Waals surface area contributed by atoms with E-state index in [1.807, 2.05) is 6.07 Å². The van der Waals surface area contributed by atoms with Crippen LogP contribution in [-0.4, -0.2) is 53.4 Å². The van der Waals surface area contributed by atoms with Crippen LogP contribution < -0.4 is 20.5 Å². The molecule has 1 saturated carbocycles. The first-order valence-electron chi connectivity index (χ1n) is 10.9. The van der Waals surface area contributed by atoms with Gasteiger partial charge in [-0.2, -0.15) is 0 Å². The number of nitrogens with zero attached hydrogens (tertiary/aromatic N) is 3. The summed E-state index contributed by atoms with van der Waals surface area (Å²) in [6.07, 6.45) is 9.13. The molecule has 0 spiro atoms. The Bertz CT molecular complexity index is 1090. The molecule has 1 aliphatic carbocycles. The molecule has 1 aromatic carbocycles. The highest BCUT2D eigenvalue weighted by Crippen LogP contribution is 2.33. The molecule has 8 nitrogen and oxygen atoms in total. The van der Waals surface area contributed by atoms with Gasteiger partial charge in [0.05, 0.1) is 24.8 Å². The molecular weight excluding hydrogens is 394 g/mol. The summed E-state index contributed by atoms with van der Waals surface area (Å²) in [7, 11) is 0. The fourth-order valence-electron chi connectivity index (χ4n) is 4.40. The smallest absolute Gasteiger partial charge is 0.249 e. The monoisotopic (exact) mass is 421 g/mol. The summed E-state index contributed by atoms with van der Waals surface area (Å²) in [5.41, 5.74) is 3.55. The van der Waals surface area contributed by atoms with Gasteiger partial charge in [-0.1, -0.05) is 0 Å². The molecule has 3 heterocycles. The van der Waals surface area contributed by atoms with E-state index in [-0.39, 0.29) is 11.7 Å². The van der Waals surface area contributed by atoms with E-state index in [1.54, 1.807) is 24.7 Å². The summed E-state index contributed by atoms with van der Waals surface area (Å²) >= 11 is 0. The van der Waals surface area contributed by atoms with Crippen LogP contribution in [0.2, 0.25) is 0 Å². The molecule has 8 heteroatoms. The molecule has 2 aliphatic rings. The van der Waals surface area contributed by atoms with Crippen LogP contribution in [0.5, 0.6) is 5.75 Å². The number of aromatic nitrogens is 3. The van der Waals surface area contributed by atoms with Crippen LogP contribution in [0.3, 0.4) is 0 Å². The van der Waals surface area contributed by atoms with Crippen LogP contribution in [0.15, 0.2) is 47.7 Å². The van der Waals surface area contributed by atoms with Gasteiger partial charge in [0.25, 0.3) is 0 Å². The van der Waals surface area contributed by atoms with Crippen molar-refractivity contribution in [2.75, 3.05) is 36.5 Å². The molecule has 0 unspecified atom stereocenters. The number of benzene rings is 1. The lowest BCUT2D eigenvalue weighted by atomic mass is 9.92. The second-order valence-corrected chi connectivity index (χ2v) is 8.14. The molecule has 0 amide bonds. The fraction of sp³-hybridized carbons (Fsp3) is 0.435. The zero-order valence-corrected chi connectivity index (χ0v) is 17.4. The summed E-state index contributed by atoms with van der Waals surface area (Å²) in [4.78, 5) is 25.5. The zero-order valence-electron chi connectivity index (χ0n) is 17.4. The van der Waals surface area contributed by atoms with Gasteiger partial charge in [0.1, 0.15) is 11.3 Å². The van der Waals surface area contributed by atoms with Gasteiger partial charge in [0.2, 0.25) is 5.56 Å². The maximum Gasteiger partial charge on any atom is 0.249 e. The molecule has 2 N–H and O–H groups in total. The van der Waals surface area contributed by atoms with E-state index in [4.69, 9.17) is 9.47 Å². The minimum atomic E-state index is -0.0878. The van der Waals surface area contributed by atoms with Gasteiger partial charge in [-0.25, -0.2) is 4.98 Å². The maximum absolute atomic E-state index is 11.5. The van der Waals surface area contributed by atoms with Gasteiger partial charge < -0.3 is 24.7 Å². The van der Waals surface area contributed by atoms with Gasteiger partial charge in [0.15, 0.2) is 0 Å². The summed E-state index contributed by atoms with van der Waals surface area (Å²) < 4.78 is 12.0. The van der Waals surface area contributed by atoms with E-state index in [0.717, 1.165) is 80.1 Å². The third-order valence-corrected chi connectivity index (χ3v) is 6.01. The second kappa shape index (κ2) is 8.93. The van der Waals surface area contributed by atoms with E-state index in [9.17, 15) is 4.79 Å². The molecule has 2 aromatic heterocycles. The van der Waals surface area contributed by atoms with E-state index >= 15 is 0 Å². The first-order chi connectivity index (χ1) is 15.2. The van der Waals surface area contributed by atoms with E-state index in [2.05, 4.69) is 37.3 Å². The van der Waals surface area contributed by atoms with Crippen molar-refractivity contribution in [3.8, 4) is 5.75 Å². The third kappa shape index (κ3) is 4.64. The van der Waals surface area contributed by atoms with Gasteiger partial charge in [-0.15, -0.1) is 0 Å². The first-order valence-corrected chi connectivity index (χ1v) is 10.9. The SMILES string of the molecule is O=c1cc(N[C@H]2CC[C@@H](Oc3cc(N4CCOCC4)cc4nccnc34)CC2)cc[nH]1. The number of anilines is 2. The maximum atomic E-state index is 11.5. The van der Waals surface area contributed by atoms with Crippen LogP contribution in [0, 0.1) is 0 Å². The Morgan fingerprint density at radius 2 is 1.87 bits per heavy atom. The molecule has 31 heavy (non-hydrogen) atoms. The molecule has 1 saturated heterocycles. The average molecular weight is 422 g/mol. The minimum Gasteiger partial charge on any atom is -0.488 e. The van der Waals surface area contributed by atoms with Crippen molar-refractivity contribution in [2.45, 2.75) is 37.8 Å². The fourth-order valence-corrected chi connectivity index (χ4v) is 4.40. The Hall–Kier alpha value is -3.13. The normalized spacial score (nSPS) is 21.7. The Morgan fingerprint density at radius 1 is 1.06 bits per heavy atom. The van der Waals surface area contributed by atoms with Gasteiger partial charge in [-0.3, -0.25) is 9.78 Å². The minimum absolute atomic E-state index is 0.0878. The Kier molecular flexibility index (Phi) is 5.71. The predicted octanol–water partition coefficient (Wildman–Crippen LogP) is 2.96. The summed E-state index contributed by atoms with van der Waals surface area (Å²) in [5, 5.41) is 3.47. The Balaban J connectivity index is 1.28. The Labute approximate surface area is 180 Å². The van der Waals surface area contributed by atoms with Crippen LogP contribution in [-0.2, 0) is 4.74 Å². The van der Waals surface area contributed by atoms with Crippen LogP contribution in [0.1, 0.15) is 25.7 Å². The molecule has 0 radical (unpaired) electrons. The third-order valence-electron chi connectivity index (χ3n) is 6.01. The van der Waals surface area contributed by atoms with E-state index < -0.39 is 0 Å². The molecule has 3 aromatic rings. The van der Waals surface area contributed by atoms with Crippen LogP contribution in [0.4, 0.5) is 11.4 Å². The Morgan fingerprint density at radius 3 is 2.68 bits per heavy atom. The quantitative estimate of drug-likeness (QED) is 0.654. The average Bonchev–Trinajstić information content (AvgIpc) is 2.81. The van der Waals surface area contributed by atoms with Crippen LogP contribution >= 0.6 is 0 Å². The largest absolute Gasteiger partial charge is 0.488 e. The van der Waals surface area contributed by atoms with Crippen molar-refractivity contribution in [2.24, 2.45) is 0 Å². The summed E-state index contributed by atoms with van der Waals surface area (Å²) in [6, 6.07) is 8.03. The highest BCUT2D eigenvalue weighted by atomic mass is 16.5. The zero-order chi connectivity index (χ0) is 21.0. The number of fused-ring (bicyclic) bond motifs is 1. The highest BCUT2D eigenvalue weighted by molar-refractivity contribution is 5.85. The topological polar surface area (TPSA) is 92.4 Å². The van der Waals surface area contributed by atoms with Crippen molar-refractivity contribution in [3.05, 3.63) is 53.2 Å². The van der Waals surface area contributed by atoms with Crippen molar-refractivity contribution in [1.29, 1.82) is 0 Å². The van der Waals surface area contributed by atoms with Crippen molar-refractivity contribution in [3.63, 3.8) is 0 Å². The van der Waals surface area contributed by atoms with E-state index in [0.29, 0.717) is 6.04 Å². The lowest BCUT2D eigenvalue weighted by molar-refractivity contribution is 0.122. The van der Waals surface area contributed by atoms with Crippen molar-refractivity contribution >= 4 is 22.4 Å². The number of aromatic amines is 1. The number of rotatable bonds is 5. The number of hydrogen-bond donors (Lipinski definition) is 2. The standard InChI is InChI=1S/C23H27N5O3/c29-22-13-17(5-6-25-22)27-16-1-3-19(4-2-16)31-21-15-18(28-9-11-30-12-10-28)14-20-23(21)26-8-7-24-20/h5-8,13-16,19H,1-4,9-12H2,(H2,25,27,29)/t16-,19+. The molecule has 0 bridgehead atoms. The van der Waals surface area contributed by atoms with Gasteiger partial charge in [0, 0.05) is 61.2 Å². The molecule has 1 aliphatic heterocycles. The number of hydrogen-bond acceptors (Lipinski definition) is 7. The molecule has 5 rings (SSSR count). The molecule has 2 fully saturated rings. The number of nitrogens with one attached hydrogen (secondary N) is 2. The first kappa shape index (κ1) is 19.8. The molecular formula is C23H27N5O3. The lowest BCUT2D eigenvalue weighted by Crippen LogP contribution is -2.36. The number of ether oxygens (including phenoxy) is 2. The van der Waals surface area contributed by atoms with Crippen LogP contribution in [0.25, 0.3) is 11.0 Å². The number of H-pyrrole nitrogens is 1. The summed E-state index contributed by atoms with van der Waals surface area (Å²) in [6.45, 7) is 3.20. The van der Waals surface area contributed by atoms with Gasteiger partial charge in [-0.05, 0) is 37.8 Å². The summed E-state index contributed by atoms with van der Waals surface area (Å²) in [5.74, 6) is 0.804. The number of pyridine rings is 1. The van der Waals surface area contributed by atoms with E-state index in [1.165, 1.54) is 0 Å². The molecule has 0 atom stereocenters. The van der Waals surface area contributed by atoms with Crippen molar-refractivity contribution < 1.29 is 9.47 Å². The lowest BCUT2D eigenvalue weighted by Gasteiger charge is -2.31. The predicted molar refractivity (Wildman–Crippen MR) is 120 cm³/mol. The van der Waals surface area contributed by atoms with Crippen molar-refractivity contribution in [1.82, 2.24) is 15.0 Å². The second-order valence-electron chi connectivity index (χ2n) is 8.14. The highest BCUT2D eigenvalue weighted by Gasteiger charge is 2.24. The number of morpholine rings is 1. The molecule has 162 valence electrons.